The number of rotatable bonds is 2. The maximum Gasteiger partial charge on any atom is 0.412 e. The Kier molecular flexibility index (Phi) is 3.48. The van der Waals surface area contributed by atoms with Gasteiger partial charge in [-0.3, -0.25) is 4.90 Å². The lowest BCUT2D eigenvalue weighted by molar-refractivity contribution is 0.195. The Morgan fingerprint density at radius 3 is 2.68 bits per heavy atom. The molecule has 8 heteroatoms. The second kappa shape index (κ2) is 4.68. The van der Waals surface area contributed by atoms with Crippen LogP contribution in [0.2, 0.25) is 0 Å². The van der Waals surface area contributed by atoms with Crippen LogP contribution in [0.1, 0.15) is 20.8 Å². The molecule has 2 aromatic rings. The number of fused-ring (bicyclic) bond motifs is 1. The fraction of sp³-hybridized carbons (Fsp3) is 0.455. The molecular weight excluding hydrogens is 334 g/mol. The number of amides is 1. The number of anilines is 1. The van der Waals surface area contributed by atoms with Crippen molar-refractivity contribution in [3.63, 3.8) is 0 Å². The highest BCUT2D eigenvalue weighted by Crippen LogP contribution is 2.40. The lowest BCUT2D eigenvalue weighted by atomic mass is 10.1. The van der Waals surface area contributed by atoms with Crippen LogP contribution in [0.25, 0.3) is 4.83 Å². The summed E-state index contributed by atoms with van der Waals surface area (Å²) in [6, 6.07) is 0. The molecule has 0 aliphatic carbocycles. The Hall–Kier alpha value is -1.28. The van der Waals surface area contributed by atoms with E-state index in [4.69, 9.17) is 4.74 Å². The van der Waals surface area contributed by atoms with Gasteiger partial charge in [0.15, 0.2) is 0 Å². The van der Waals surface area contributed by atoms with Gasteiger partial charge in [-0.1, -0.05) is 0 Å². The summed E-state index contributed by atoms with van der Waals surface area (Å²) < 4.78 is 7.60. The number of carboxylic acid groups (broad SMARTS) is 1. The maximum atomic E-state index is 11.6. The first-order valence-electron chi connectivity index (χ1n) is 5.50. The Labute approximate surface area is 122 Å². The van der Waals surface area contributed by atoms with Gasteiger partial charge >= 0.3 is 6.09 Å². The minimum absolute atomic E-state index is 0.296. The molecule has 1 N–H and O–H groups in total. The molecule has 1 amide bonds. The Morgan fingerprint density at radius 1 is 1.58 bits per heavy atom. The Morgan fingerprint density at radius 2 is 2.21 bits per heavy atom. The van der Waals surface area contributed by atoms with Crippen LogP contribution in [0.4, 0.5) is 10.5 Å². The zero-order chi connectivity index (χ0) is 14.4. The lowest BCUT2D eigenvalue weighted by Gasteiger charge is -2.32. The predicted molar refractivity (Wildman–Crippen MR) is 77.6 cm³/mol. The van der Waals surface area contributed by atoms with Crippen molar-refractivity contribution in [1.29, 1.82) is 0 Å². The van der Waals surface area contributed by atoms with Gasteiger partial charge in [0.2, 0.25) is 0 Å². The first kappa shape index (κ1) is 14.1. The summed E-state index contributed by atoms with van der Waals surface area (Å²) in [5.74, 6) is 0.296. The van der Waals surface area contributed by atoms with Crippen molar-refractivity contribution in [3.05, 3.63) is 9.98 Å². The molecule has 0 saturated carbocycles. The molecule has 0 spiro atoms. The Bertz CT molecular complexity index is 629. The van der Waals surface area contributed by atoms with Crippen LogP contribution in [-0.2, 0) is 0 Å². The highest BCUT2D eigenvalue weighted by atomic mass is 79.9. The molecule has 104 valence electrons. The Balaban J connectivity index is 2.74. The number of nitrogens with zero attached hydrogens (tertiary/aromatic N) is 3. The third-order valence-electron chi connectivity index (χ3n) is 2.54. The van der Waals surface area contributed by atoms with E-state index in [9.17, 15) is 9.90 Å². The number of ether oxygens (including phenoxy) is 1. The van der Waals surface area contributed by atoms with Crippen molar-refractivity contribution >= 4 is 43.9 Å². The van der Waals surface area contributed by atoms with E-state index in [0.29, 0.717) is 11.6 Å². The van der Waals surface area contributed by atoms with E-state index in [1.54, 1.807) is 4.52 Å². The number of hydrogen-bond donors (Lipinski definition) is 1. The number of thiazole rings is 1. The third kappa shape index (κ3) is 2.30. The molecular formula is C11H14BrN3O3S. The molecule has 0 aliphatic heterocycles. The lowest BCUT2D eigenvalue weighted by Crippen LogP contribution is -2.45. The fourth-order valence-electron chi connectivity index (χ4n) is 1.83. The largest absolute Gasteiger partial charge is 0.478 e. The summed E-state index contributed by atoms with van der Waals surface area (Å²) >= 11 is 4.78. The van der Waals surface area contributed by atoms with Crippen molar-refractivity contribution in [2.75, 3.05) is 12.0 Å². The summed E-state index contributed by atoms with van der Waals surface area (Å²) in [7, 11) is 1.48. The number of carbonyl (C=O) groups is 1. The molecule has 0 aromatic carbocycles. The number of aromatic nitrogens is 2. The minimum atomic E-state index is -1.04. The van der Waals surface area contributed by atoms with Crippen LogP contribution in [-0.4, -0.2) is 33.5 Å². The van der Waals surface area contributed by atoms with Gasteiger partial charge in [0.1, 0.15) is 15.1 Å². The van der Waals surface area contributed by atoms with Crippen LogP contribution in [0.5, 0.6) is 5.88 Å². The van der Waals surface area contributed by atoms with E-state index in [0.717, 1.165) is 9.43 Å². The van der Waals surface area contributed by atoms with Crippen molar-refractivity contribution in [1.82, 2.24) is 9.61 Å². The summed E-state index contributed by atoms with van der Waals surface area (Å²) in [6.07, 6.45) is -1.04. The van der Waals surface area contributed by atoms with E-state index in [2.05, 4.69) is 21.0 Å². The van der Waals surface area contributed by atoms with Gasteiger partial charge in [-0.15, -0.1) is 16.4 Å². The van der Waals surface area contributed by atoms with Crippen LogP contribution in [0, 0.1) is 0 Å². The molecule has 19 heavy (non-hydrogen) atoms. The van der Waals surface area contributed by atoms with Gasteiger partial charge in [-0.2, -0.15) is 0 Å². The average Bonchev–Trinajstić information content (AvgIpc) is 2.78. The summed E-state index contributed by atoms with van der Waals surface area (Å²) in [5, 5.41) is 15.6. The zero-order valence-corrected chi connectivity index (χ0v) is 13.4. The first-order valence-corrected chi connectivity index (χ1v) is 7.17. The molecule has 2 rings (SSSR count). The van der Waals surface area contributed by atoms with Crippen LogP contribution in [0.15, 0.2) is 9.98 Å². The topological polar surface area (TPSA) is 67.1 Å². The van der Waals surface area contributed by atoms with Crippen LogP contribution in [0.3, 0.4) is 0 Å². The predicted octanol–water partition coefficient (Wildman–Crippen LogP) is 3.45. The number of methoxy groups -OCH3 is 1. The van der Waals surface area contributed by atoms with Gasteiger partial charge in [-0.25, -0.2) is 9.31 Å². The standard InChI is InChI=1S/C11H14BrN3O3S/c1-11(2,3)14(10(16)17)7-8(18-4)13-15-6(12)5-19-9(7)15/h5H,1-4H3,(H,16,17). The van der Waals surface area contributed by atoms with Gasteiger partial charge in [0.05, 0.1) is 7.11 Å². The van der Waals surface area contributed by atoms with E-state index in [-0.39, 0.29) is 0 Å². The number of hydrogen-bond acceptors (Lipinski definition) is 4. The van der Waals surface area contributed by atoms with Crippen molar-refractivity contribution in [3.8, 4) is 5.88 Å². The van der Waals surface area contributed by atoms with E-state index in [1.165, 1.54) is 23.3 Å². The second-order valence-corrected chi connectivity index (χ2v) is 6.59. The van der Waals surface area contributed by atoms with Crippen LogP contribution < -0.4 is 9.64 Å². The third-order valence-corrected chi connectivity index (χ3v) is 4.34. The first-order chi connectivity index (χ1) is 8.77. The SMILES string of the molecule is COc1nn2c(Br)csc2c1N(C(=O)O)C(C)(C)C. The number of halogens is 1. The van der Waals surface area contributed by atoms with Crippen molar-refractivity contribution in [2.45, 2.75) is 26.3 Å². The normalized spacial score (nSPS) is 11.8. The van der Waals surface area contributed by atoms with E-state index in [1.807, 2.05) is 26.2 Å². The molecule has 6 nitrogen and oxygen atoms in total. The monoisotopic (exact) mass is 347 g/mol. The zero-order valence-electron chi connectivity index (χ0n) is 11.0. The molecule has 0 saturated heterocycles. The van der Waals surface area contributed by atoms with E-state index < -0.39 is 11.6 Å². The average molecular weight is 348 g/mol. The van der Waals surface area contributed by atoms with Gasteiger partial charge in [0.25, 0.3) is 5.88 Å². The highest BCUT2D eigenvalue weighted by molar-refractivity contribution is 9.10. The van der Waals surface area contributed by atoms with Crippen molar-refractivity contribution < 1.29 is 14.6 Å². The molecule has 0 aliphatic rings. The quantitative estimate of drug-likeness (QED) is 0.903. The highest BCUT2D eigenvalue weighted by Gasteiger charge is 2.34. The molecule has 2 heterocycles. The minimum Gasteiger partial charge on any atom is -0.478 e. The molecule has 0 bridgehead atoms. The molecule has 2 aromatic heterocycles. The van der Waals surface area contributed by atoms with Gasteiger partial charge in [0, 0.05) is 10.9 Å². The van der Waals surface area contributed by atoms with E-state index >= 15 is 0 Å². The van der Waals surface area contributed by atoms with Gasteiger partial charge in [-0.05, 0) is 36.7 Å². The van der Waals surface area contributed by atoms with Crippen LogP contribution >= 0.6 is 27.3 Å². The smallest absolute Gasteiger partial charge is 0.412 e. The molecule has 0 fully saturated rings. The second-order valence-electron chi connectivity index (χ2n) is 4.92. The van der Waals surface area contributed by atoms with Gasteiger partial charge < -0.3 is 9.84 Å². The summed E-state index contributed by atoms with van der Waals surface area (Å²) in [5.41, 5.74) is -0.128. The fourth-order valence-corrected chi connectivity index (χ4v) is 3.32. The molecule has 0 atom stereocenters. The molecule has 0 unspecified atom stereocenters. The summed E-state index contributed by atoms with van der Waals surface area (Å²) in [4.78, 5) is 13.6. The maximum absolute atomic E-state index is 11.6. The summed E-state index contributed by atoms with van der Waals surface area (Å²) in [6.45, 7) is 5.48. The van der Waals surface area contributed by atoms with Crippen molar-refractivity contribution in [2.24, 2.45) is 0 Å². The molecule has 0 radical (unpaired) electrons.